The summed E-state index contributed by atoms with van der Waals surface area (Å²) >= 11 is 0. The smallest absolute Gasteiger partial charge is 0.221 e. The van der Waals surface area contributed by atoms with Crippen molar-refractivity contribution in [3.8, 4) is 0 Å². The zero-order valence-corrected chi connectivity index (χ0v) is 8.59. The predicted molar refractivity (Wildman–Crippen MR) is 57.0 cm³/mol. The van der Waals surface area contributed by atoms with Crippen molar-refractivity contribution in [2.75, 3.05) is 6.54 Å². The molecule has 3 N–H and O–H groups in total. The Kier molecular flexibility index (Phi) is 6.70. The Labute approximate surface area is 89.3 Å². The topological polar surface area (TPSA) is 68.0 Å². The number of pyridine rings is 1. The van der Waals surface area contributed by atoms with Gasteiger partial charge in [0.2, 0.25) is 5.91 Å². The van der Waals surface area contributed by atoms with Crippen LogP contribution < -0.4 is 11.1 Å². The zero-order chi connectivity index (χ0) is 9.52. The van der Waals surface area contributed by atoms with E-state index in [1.165, 1.54) is 0 Å². The minimum absolute atomic E-state index is 0. The average molecular weight is 216 g/mol. The SMILES string of the molecule is Cl.NCCC(=O)NCc1ccccn1. The normalized spacial score (nSPS) is 8.93. The van der Waals surface area contributed by atoms with Gasteiger partial charge < -0.3 is 11.1 Å². The first kappa shape index (κ1) is 12.9. The maximum Gasteiger partial charge on any atom is 0.221 e. The van der Waals surface area contributed by atoms with Crippen LogP contribution in [-0.4, -0.2) is 17.4 Å². The lowest BCUT2D eigenvalue weighted by Crippen LogP contribution is -2.25. The molecule has 0 aliphatic carbocycles. The van der Waals surface area contributed by atoms with E-state index in [1.54, 1.807) is 6.20 Å². The number of nitrogens with zero attached hydrogens (tertiary/aromatic N) is 1. The van der Waals surface area contributed by atoms with Gasteiger partial charge in [-0.25, -0.2) is 0 Å². The Morgan fingerprint density at radius 2 is 2.29 bits per heavy atom. The van der Waals surface area contributed by atoms with Gasteiger partial charge in [-0.2, -0.15) is 0 Å². The molecule has 1 amide bonds. The maximum absolute atomic E-state index is 11.0. The summed E-state index contributed by atoms with van der Waals surface area (Å²) in [5.41, 5.74) is 6.08. The Morgan fingerprint density at radius 3 is 2.86 bits per heavy atom. The second-order valence-electron chi connectivity index (χ2n) is 2.64. The summed E-state index contributed by atoms with van der Waals surface area (Å²) in [4.78, 5) is 15.1. The molecule has 78 valence electrons. The molecule has 5 heteroatoms. The highest BCUT2D eigenvalue weighted by Crippen LogP contribution is 1.91. The Bertz CT molecular complexity index is 266. The summed E-state index contributed by atoms with van der Waals surface area (Å²) in [6.07, 6.45) is 2.07. The van der Waals surface area contributed by atoms with Crippen molar-refractivity contribution >= 4 is 18.3 Å². The van der Waals surface area contributed by atoms with Crippen molar-refractivity contribution in [1.29, 1.82) is 0 Å². The molecule has 0 spiro atoms. The van der Waals surface area contributed by atoms with Gasteiger partial charge in [0.25, 0.3) is 0 Å². The molecule has 1 aromatic heterocycles. The van der Waals surface area contributed by atoms with E-state index in [1.807, 2.05) is 18.2 Å². The Balaban J connectivity index is 0.00000169. The minimum Gasteiger partial charge on any atom is -0.350 e. The predicted octanol–water partition coefficient (Wildman–Crippen LogP) is 0.468. The van der Waals surface area contributed by atoms with Crippen LogP contribution in [0.4, 0.5) is 0 Å². The van der Waals surface area contributed by atoms with Gasteiger partial charge in [0.15, 0.2) is 0 Å². The number of aromatic nitrogens is 1. The average Bonchev–Trinajstić information content (AvgIpc) is 2.17. The Morgan fingerprint density at radius 1 is 1.50 bits per heavy atom. The molecule has 0 unspecified atom stereocenters. The molecular formula is C9H14ClN3O. The van der Waals surface area contributed by atoms with Crippen molar-refractivity contribution in [3.63, 3.8) is 0 Å². The summed E-state index contributed by atoms with van der Waals surface area (Å²) in [6, 6.07) is 5.59. The van der Waals surface area contributed by atoms with E-state index in [2.05, 4.69) is 10.3 Å². The molecule has 0 bridgehead atoms. The number of carbonyl (C=O) groups excluding carboxylic acids is 1. The molecule has 0 aliphatic rings. The summed E-state index contributed by atoms with van der Waals surface area (Å²) in [6.45, 7) is 0.855. The van der Waals surface area contributed by atoms with Crippen molar-refractivity contribution in [2.45, 2.75) is 13.0 Å². The maximum atomic E-state index is 11.0. The number of nitrogens with one attached hydrogen (secondary N) is 1. The summed E-state index contributed by atoms with van der Waals surface area (Å²) in [5.74, 6) is -0.0341. The second kappa shape index (κ2) is 7.29. The molecule has 0 saturated carbocycles. The van der Waals surface area contributed by atoms with E-state index in [4.69, 9.17) is 5.73 Å². The third kappa shape index (κ3) is 4.79. The number of nitrogens with two attached hydrogens (primary N) is 1. The Hall–Kier alpha value is -1.13. The summed E-state index contributed by atoms with van der Waals surface area (Å²) in [5, 5.41) is 2.72. The third-order valence-electron chi connectivity index (χ3n) is 1.56. The fourth-order valence-corrected chi connectivity index (χ4v) is 0.911. The standard InChI is InChI=1S/C9H13N3O.ClH/c10-5-4-9(13)12-7-8-3-1-2-6-11-8;/h1-3,6H,4-5,7,10H2,(H,12,13);1H. The minimum atomic E-state index is -0.0341. The molecule has 0 aliphatic heterocycles. The van der Waals surface area contributed by atoms with Gasteiger partial charge in [-0.15, -0.1) is 12.4 Å². The van der Waals surface area contributed by atoms with Crippen molar-refractivity contribution in [2.24, 2.45) is 5.73 Å². The molecule has 0 fully saturated rings. The van der Waals surface area contributed by atoms with Crippen LogP contribution in [-0.2, 0) is 11.3 Å². The molecule has 1 aromatic rings. The summed E-state index contributed by atoms with van der Waals surface area (Å²) < 4.78 is 0. The first-order valence-corrected chi connectivity index (χ1v) is 4.19. The van der Waals surface area contributed by atoms with Gasteiger partial charge in [-0.05, 0) is 12.1 Å². The van der Waals surface area contributed by atoms with E-state index in [-0.39, 0.29) is 18.3 Å². The lowest BCUT2D eigenvalue weighted by Gasteiger charge is -2.02. The van der Waals surface area contributed by atoms with E-state index in [0.717, 1.165) is 5.69 Å². The van der Waals surface area contributed by atoms with E-state index >= 15 is 0 Å². The van der Waals surface area contributed by atoms with Crippen LogP contribution in [0.25, 0.3) is 0 Å². The van der Waals surface area contributed by atoms with Crippen LogP contribution in [0.3, 0.4) is 0 Å². The van der Waals surface area contributed by atoms with Crippen LogP contribution in [0, 0.1) is 0 Å². The van der Waals surface area contributed by atoms with Crippen LogP contribution in [0.2, 0.25) is 0 Å². The number of hydrogen-bond donors (Lipinski definition) is 2. The first-order valence-electron chi connectivity index (χ1n) is 4.19. The van der Waals surface area contributed by atoms with Gasteiger partial charge in [0.1, 0.15) is 0 Å². The monoisotopic (exact) mass is 215 g/mol. The van der Waals surface area contributed by atoms with Crippen LogP contribution in [0.15, 0.2) is 24.4 Å². The molecule has 4 nitrogen and oxygen atoms in total. The second-order valence-corrected chi connectivity index (χ2v) is 2.64. The highest BCUT2D eigenvalue weighted by atomic mass is 35.5. The fraction of sp³-hybridized carbons (Fsp3) is 0.333. The molecule has 1 rings (SSSR count). The van der Waals surface area contributed by atoms with Crippen molar-refractivity contribution in [1.82, 2.24) is 10.3 Å². The van der Waals surface area contributed by atoms with Crippen LogP contribution in [0.5, 0.6) is 0 Å². The number of rotatable bonds is 4. The molecule has 0 aromatic carbocycles. The highest BCUT2D eigenvalue weighted by Gasteiger charge is 1.98. The third-order valence-corrected chi connectivity index (χ3v) is 1.56. The fourth-order valence-electron chi connectivity index (χ4n) is 0.911. The molecule has 0 saturated heterocycles. The quantitative estimate of drug-likeness (QED) is 0.767. The number of amides is 1. The van der Waals surface area contributed by atoms with Crippen LogP contribution in [0.1, 0.15) is 12.1 Å². The molecular weight excluding hydrogens is 202 g/mol. The van der Waals surface area contributed by atoms with Gasteiger partial charge in [0.05, 0.1) is 12.2 Å². The first-order chi connectivity index (χ1) is 6.33. The van der Waals surface area contributed by atoms with E-state index in [9.17, 15) is 4.79 Å². The van der Waals surface area contributed by atoms with Crippen molar-refractivity contribution in [3.05, 3.63) is 30.1 Å². The van der Waals surface area contributed by atoms with Gasteiger partial charge >= 0.3 is 0 Å². The zero-order valence-electron chi connectivity index (χ0n) is 7.77. The lowest BCUT2D eigenvalue weighted by atomic mass is 10.3. The lowest BCUT2D eigenvalue weighted by molar-refractivity contribution is -0.121. The molecule has 0 atom stereocenters. The van der Waals surface area contributed by atoms with E-state index < -0.39 is 0 Å². The molecule has 14 heavy (non-hydrogen) atoms. The van der Waals surface area contributed by atoms with Gasteiger partial charge in [-0.3, -0.25) is 9.78 Å². The number of hydrogen-bond acceptors (Lipinski definition) is 3. The highest BCUT2D eigenvalue weighted by molar-refractivity contribution is 5.85. The van der Waals surface area contributed by atoms with Crippen molar-refractivity contribution < 1.29 is 4.79 Å². The van der Waals surface area contributed by atoms with Gasteiger partial charge in [-0.1, -0.05) is 6.07 Å². The van der Waals surface area contributed by atoms with E-state index in [0.29, 0.717) is 19.5 Å². The largest absolute Gasteiger partial charge is 0.350 e. The molecule has 1 heterocycles. The van der Waals surface area contributed by atoms with Gasteiger partial charge in [0, 0.05) is 19.2 Å². The van der Waals surface area contributed by atoms with Crippen LogP contribution >= 0.6 is 12.4 Å². The molecule has 0 radical (unpaired) electrons. The number of carbonyl (C=O) groups is 1. The number of halogens is 1. The summed E-state index contributed by atoms with van der Waals surface area (Å²) in [7, 11) is 0.